The van der Waals surface area contributed by atoms with E-state index in [-0.39, 0.29) is 12.8 Å². The average Bonchev–Trinajstić information content (AvgIpc) is 2.77. The van der Waals surface area contributed by atoms with Gasteiger partial charge in [0, 0.05) is 6.42 Å². The van der Waals surface area contributed by atoms with Gasteiger partial charge >= 0.3 is 5.97 Å². The molecule has 4 nitrogen and oxygen atoms in total. The summed E-state index contributed by atoms with van der Waals surface area (Å²) in [6, 6.07) is 8.46. The van der Waals surface area contributed by atoms with E-state index in [0.717, 1.165) is 19.3 Å². The highest BCUT2D eigenvalue weighted by atomic mass is 16.5. The Morgan fingerprint density at radius 2 is 2.00 bits per heavy atom. The molecule has 0 heterocycles. The minimum absolute atomic E-state index is 0.101. The number of esters is 1. The summed E-state index contributed by atoms with van der Waals surface area (Å²) in [5, 5.41) is 19.7. The largest absolute Gasteiger partial charge is 0.469 e. The van der Waals surface area contributed by atoms with Gasteiger partial charge < -0.3 is 14.9 Å². The Kier molecular flexibility index (Phi) is 7.22. The summed E-state index contributed by atoms with van der Waals surface area (Å²) in [4.78, 5) is 11.1. The fourth-order valence-corrected chi connectivity index (χ4v) is 3.01. The number of aryl methyl sites for hydroxylation is 1. The molecule has 0 fully saturated rings. The van der Waals surface area contributed by atoms with E-state index in [2.05, 4.69) is 29.0 Å². The van der Waals surface area contributed by atoms with Gasteiger partial charge in [0.1, 0.15) is 0 Å². The van der Waals surface area contributed by atoms with Crippen LogP contribution in [0.15, 0.2) is 42.5 Å². The van der Waals surface area contributed by atoms with Gasteiger partial charge in [-0.25, -0.2) is 0 Å². The van der Waals surface area contributed by atoms with E-state index in [0.29, 0.717) is 0 Å². The normalized spacial score (nSPS) is 18.9. The van der Waals surface area contributed by atoms with Crippen molar-refractivity contribution in [2.24, 2.45) is 0 Å². The van der Waals surface area contributed by atoms with Crippen LogP contribution in [0.3, 0.4) is 0 Å². The van der Waals surface area contributed by atoms with Crippen molar-refractivity contribution in [3.63, 3.8) is 0 Å². The van der Waals surface area contributed by atoms with E-state index < -0.39 is 18.2 Å². The van der Waals surface area contributed by atoms with Crippen LogP contribution in [0.25, 0.3) is 5.57 Å². The number of rotatable bonds is 6. The van der Waals surface area contributed by atoms with E-state index >= 15 is 0 Å². The Labute approximate surface area is 143 Å². The first-order chi connectivity index (χ1) is 11.6. The number of allylic oxidation sites excluding steroid dienone is 3. The van der Waals surface area contributed by atoms with Gasteiger partial charge in [0.25, 0.3) is 0 Å². The lowest BCUT2D eigenvalue weighted by Crippen LogP contribution is -2.20. The van der Waals surface area contributed by atoms with Crippen LogP contribution in [0.1, 0.15) is 43.2 Å². The van der Waals surface area contributed by atoms with Crippen molar-refractivity contribution in [3.05, 3.63) is 53.6 Å². The number of carbonyl (C=O) groups is 1. The van der Waals surface area contributed by atoms with E-state index in [4.69, 9.17) is 0 Å². The number of aliphatic hydroxyl groups is 2. The lowest BCUT2D eigenvalue weighted by molar-refractivity contribution is -0.143. The molecule has 0 aliphatic heterocycles. The van der Waals surface area contributed by atoms with Crippen LogP contribution in [0, 0.1) is 0 Å². The van der Waals surface area contributed by atoms with Gasteiger partial charge in [-0.1, -0.05) is 42.5 Å². The summed E-state index contributed by atoms with van der Waals surface area (Å²) in [6.45, 7) is 0. The zero-order chi connectivity index (χ0) is 17.4. The van der Waals surface area contributed by atoms with Gasteiger partial charge in [0.05, 0.1) is 25.7 Å². The summed E-state index contributed by atoms with van der Waals surface area (Å²) >= 11 is 0. The monoisotopic (exact) mass is 330 g/mol. The molecule has 2 N–H and O–H groups in total. The maximum absolute atomic E-state index is 11.1. The molecule has 130 valence electrons. The third-order valence-corrected chi connectivity index (χ3v) is 4.28. The Morgan fingerprint density at radius 3 is 2.79 bits per heavy atom. The van der Waals surface area contributed by atoms with Crippen LogP contribution in [-0.4, -0.2) is 35.5 Å². The minimum Gasteiger partial charge on any atom is -0.469 e. The number of hydrogen-bond donors (Lipinski definition) is 2. The SMILES string of the molecule is COC(=O)C[C@H](O)C[C@H](O)/C=C/C=C1/CCCCc2ccccc21. The van der Waals surface area contributed by atoms with Gasteiger partial charge in [-0.3, -0.25) is 4.79 Å². The smallest absolute Gasteiger partial charge is 0.308 e. The molecule has 1 aliphatic rings. The summed E-state index contributed by atoms with van der Waals surface area (Å²) in [6.07, 6.45) is 8.36. The van der Waals surface area contributed by atoms with Crippen LogP contribution < -0.4 is 0 Å². The van der Waals surface area contributed by atoms with E-state index in [1.54, 1.807) is 6.08 Å². The van der Waals surface area contributed by atoms with Gasteiger partial charge in [-0.2, -0.15) is 0 Å². The minimum atomic E-state index is -0.900. The van der Waals surface area contributed by atoms with E-state index in [9.17, 15) is 15.0 Å². The molecule has 0 unspecified atom stereocenters. The number of carbonyl (C=O) groups excluding carboxylic acids is 1. The van der Waals surface area contributed by atoms with Crippen molar-refractivity contribution in [1.29, 1.82) is 0 Å². The zero-order valence-electron chi connectivity index (χ0n) is 14.1. The molecule has 0 saturated carbocycles. The molecule has 1 aliphatic carbocycles. The van der Waals surface area contributed by atoms with Crippen molar-refractivity contribution < 1.29 is 19.7 Å². The molecule has 24 heavy (non-hydrogen) atoms. The number of ether oxygens (including phenoxy) is 1. The molecular weight excluding hydrogens is 304 g/mol. The molecule has 0 radical (unpaired) electrons. The highest BCUT2D eigenvalue weighted by Gasteiger charge is 2.14. The van der Waals surface area contributed by atoms with Crippen LogP contribution in [0.2, 0.25) is 0 Å². The molecule has 0 aromatic heterocycles. The third-order valence-electron chi connectivity index (χ3n) is 4.28. The van der Waals surface area contributed by atoms with Crippen LogP contribution >= 0.6 is 0 Å². The molecule has 1 aromatic carbocycles. The number of fused-ring (bicyclic) bond motifs is 1. The lowest BCUT2D eigenvalue weighted by Gasteiger charge is -2.11. The Morgan fingerprint density at radius 1 is 1.25 bits per heavy atom. The first-order valence-electron chi connectivity index (χ1n) is 8.48. The highest BCUT2D eigenvalue weighted by Crippen LogP contribution is 2.29. The van der Waals surface area contributed by atoms with Crippen molar-refractivity contribution in [2.75, 3.05) is 7.11 Å². The predicted molar refractivity (Wildman–Crippen MR) is 94.4 cm³/mol. The zero-order valence-corrected chi connectivity index (χ0v) is 14.1. The van der Waals surface area contributed by atoms with Gasteiger partial charge in [-0.15, -0.1) is 0 Å². The van der Waals surface area contributed by atoms with Crippen molar-refractivity contribution in [3.8, 4) is 0 Å². The fourth-order valence-electron chi connectivity index (χ4n) is 3.01. The van der Waals surface area contributed by atoms with Crippen LogP contribution in [-0.2, 0) is 16.0 Å². The Balaban J connectivity index is 1.96. The Bertz CT molecular complexity index is 603. The number of methoxy groups -OCH3 is 1. The second-order valence-corrected chi connectivity index (χ2v) is 6.18. The maximum atomic E-state index is 11.1. The van der Waals surface area contributed by atoms with Gasteiger partial charge in [0.15, 0.2) is 0 Å². The first kappa shape index (κ1) is 18.4. The molecule has 2 atom stereocenters. The molecular formula is C20H26O4. The standard InChI is InChI=1S/C20H26O4/c1-24-20(23)14-18(22)13-17(21)11-6-10-16-8-3-2-7-15-9-4-5-12-19(15)16/h4-6,9-12,17-18,21-22H,2-3,7-8,13-14H2,1H3/b11-6+,16-10-/t17-,18-/m1/s1. The summed E-state index contributed by atoms with van der Waals surface area (Å²) in [5.41, 5.74) is 3.95. The van der Waals surface area contributed by atoms with E-state index in [1.807, 2.05) is 12.2 Å². The summed E-state index contributed by atoms with van der Waals surface area (Å²) < 4.78 is 4.50. The molecule has 0 spiro atoms. The van der Waals surface area contributed by atoms with Crippen molar-refractivity contribution >= 4 is 11.5 Å². The van der Waals surface area contributed by atoms with Crippen molar-refractivity contribution in [2.45, 2.75) is 50.7 Å². The van der Waals surface area contributed by atoms with Gasteiger partial charge in [0.2, 0.25) is 0 Å². The molecule has 4 heteroatoms. The predicted octanol–water partition coefficient (Wildman–Crippen LogP) is 3.03. The van der Waals surface area contributed by atoms with Crippen molar-refractivity contribution in [1.82, 2.24) is 0 Å². The average molecular weight is 330 g/mol. The van der Waals surface area contributed by atoms with Crippen LogP contribution in [0.4, 0.5) is 0 Å². The maximum Gasteiger partial charge on any atom is 0.308 e. The van der Waals surface area contributed by atoms with Crippen LogP contribution in [0.5, 0.6) is 0 Å². The lowest BCUT2D eigenvalue weighted by atomic mass is 9.98. The summed E-state index contributed by atoms with van der Waals surface area (Å²) in [7, 11) is 1.28. The Hall–Kier alpha value is -1.91. The van der Waals surface area contributed by atoms with Gasteiger partial charge in [-0.05, 0) is 42.4 Å². The number of hydrogen-bond acceptors (Lipinski definition) is 4. The second-order valence-electron chi connectivity index (χ2n) is 6.18. The number of aliphatic hydroxyl groups excluding tert-OH is 2. The molecule has 1 aromatic rings. The third kappa shape index (κ3) is 5.62. The second kappa shape index (κ2) is 9.40. The number of benzene rings is 1. The highest BCUT2D eigenvalue weighted by molar-refractivity contribution is 5.70. The quantitative estimate of drug-likeness (QED) is 0.621. The molecule has 2 rings (SSSR count). The molecule has 0 amide bonds. The summed E-state index contributed by atoms with van der Waals surface area (Å²) in [5.74, 6) is -0.476. The fraction of sp³-hybridized carbons (Fsp3) is 0.450. The molecule has 0 bridgehead atoms. The molecule has 0 saturated heterocycles. The first-order valence-corrected chi connectivity index (χ1v) is 8.48. The van der Waals surface area contributed by atoms with E-state index in [1.165, 1.54) is 30.2 Å². The topological polar surface area (TPSA) is 66.8 Å².